The van der Waals surface area contributed by atoms with E-state index < -0.39 is 0 Å². The molecule has 0 bridgehead atoms. The topological polar surface area (TPSA) is 58.2 Å². The van der Waals surface area contributed by atoms with Crippen LogP contribution in [0.25, 0.3) is 0 Å². The van der Waals surface area contributed by atoms with Gasteiger partial charge in [-0.1, -0.05) is 18.2 Å². The molecule has 2 N–H and O–H groups in total. The summed E-state index contributed by atoms with van der Waals surface area (Å²) in [7, 11) is 0. The number of amides is 2. The average molecular weight is 274 g/mol. The Balaban J connectivity index is 1.75. The van der Waals surface area contributed by atoms with E-state index >= 15 is 0 Å². The highest BCUT2D eigenvalue weighted by atomic mass is 16.2. The largest absolute Gasteiger partial charge is 0.353 e. The number of carbonyl (C=O) groups is 2. The van der Waals surface area contributed by atoms with Gasteiger partial charge in [-0.05, 0) is 44.7 Å². The molecule has 2 rings (SSSR count). The zero-order chi connectivity index (χ0) is 14.5. The van der Waals surface area contributed by atoms with Crippen LogP contribution in [0, 0.1) is 5.92 Å². The number of hydrogen-bond donors (Lipinski definition) is 2. The fourth-order valence-electron chi connectivity index (χ4n) is 2.25. The van der Waals surface area contributed by atoms with Gasteiger partial charge in [0.15, 0.2) is 0 Å². The molecule has 4 nitrogen and oxygen atoms in total. The highest BCUT2D eigenvalue weighted by molar-refractivity contribution is 5.94. The summed E-state index contributed by atoms with van der Waals surface area (Å²) in [5.74, 6) is 0.513. The first kappa shape index (κ1) is 14.6. The predicted molar refractivity (Wildman–Crippen MR) is 78.3 cm³/mol. The summed E-state index contributed by atoms with van der Waals surface area (Å²) in [6, 6.07) is 9.11. The maximum Gasteiger partial charge on any atom is 0.251 e. The molecule has 1 saturated carbocycles. The van der Waals surface area contributed by atoms with E-state index in [0.29, 0.717) is 17.9 Å². The number of hydrogen-bond acceptors (Lipinski definition) is 2. The van der Waals surface area contributed by atoms with Crippen molar-refractivity contribution >= 4 is 11.8 Å². The van der Waals surface area contributed by atoms with Crippen LogP contribution in [0.5, 0.6) is 0 Å². The molecular formula is C16H22N2O2. The van der Waals surface area contributed by atoms with E-state index in [1.165, 1.54) is 12.8 Å². The van der Waals surface area contributed by atoms with Gasteiger partial charge in [0.25, 0.3) is 5.91 Å². The molecule has 20 heavy (non-hydrogen) atoms. The van der Waals surface area contributed by atoms with Gasteiger partial charge in [-0.25, -0.2) is 0 Å². The summed E-state index contributed by atoms with van der Waals surface area (Å²) < 4.78 is 0. The van der Waals surface area contributed by atoms with Crippen LogP contribution in [0.2, 0.25) is 0 Å². The number of carbonyl (C=O) groups excluding carboxylic acids is 2. The Kier molecular flexibility index (Phi) is 4.77. The minimum Gasteiger partial charge on any atom is -0.353 e. The Morgan fingerprint density at radius 1 is 1.15 bits per heavy atom. The first-order valence-electron chi connectivity index (χ1n) is 7.21. The first-order chi connectivity index (χ1) is 9.56. The molecule has 0 spiro atoms. The standard InChI is InChI=1S/C16H22N2O2/c1-11(10-15(19)18-12(2)13-8-9-13)17-16(20)14-6-4-3-5-7-14/h3-7,11-13H,8-10H2,1-2H3,(H,17,20)(H,18,19). The van der Waals surface area contributed by atoms with E-state index in [9.17, 15) is 9.59 Å². The van der Waals surface area contributed by atoms with Gasteiger partial charge in [-0.15, -0.1) is 0 Å². The van der Waals surface area contributed by atoms with Crippen LogP contribution in [0.3, 0.4) is 0 Å². The fourth-order valence-corrected chi connectivity index (χ4v) is 2.25. The lowest BCUT2D eigenvalue weighted by Gasteiger charge is -2.17. The van der Waals surface area contributed by atoms with Crippen molar-refractivity contribution in [3.63, 3.8) is 0 Å². The molecule has 1 aromatic rings. The molecule has 2 atom stereocenters. The summed E-state index contributed by atoms with van der Waals surface area (Å²) in [4.78, 5) is 23.8. The van der Waals surface area contributed by atoms with Crippen molar-refractivity contribution in [2.45, 2.75) is 45.2 Å². The maximum absolute atomic E-state index is 11.9. The number of rotatable bonds is 6. The Labute approximate surface area is 119 Å². The molecule has 2 amide bonds. The lowest BCUT2D eigenvalue weighted by Crippen LogP contribution is -2.40. The summed E-state index contributed by atoms with van der Waals surface area (Å²) in [5, 5.41) is 5.84. The molecule has 0 saturated heterocycles. The van der Waals surface area contributed by atoms with Gasteiger partial charge in [0, 0.05) is 24.1 Å². The van der Waals surface area contributed by atoms with Crippen LogP contribution in [0.4, 0.5) is 0 Å². The third-order valence-corrected chi connectivity index (χ3v) is 3.62. The molecule has 1 aliphatic rings. The Morgan fingerprint density at radius 3 is 2.40 bits per heavy atom. The van der Waals surface area contributed by atoms with E-state index in [2.05, 4.69) is 10.6 Å². The molecule has 0 radical (unpaired) electrons. The second kappa shape index (κ2) is 6.55. The second-order valence-corrected chi connectivity index (χ2v) is 5.64. The van der Waals surface area contributed by atoms with Crippen LogP contribution in [-0.2, 0) is 4.79 Å². The van der Waals surface area contributed by atoms with E-state index in [4.69, 9.17) is 0 Å². The minimum atomic E-state index is -0.172. The van der Waals surface area contributed by atoms with Crippen molar-refractivity contribution in [3.05, 3.63) is 35.9 Å². The lowest BCUT2D eigenvalue weighted by atomic mass is 10.1. The van der Waals surface area contributed by atoms with Crippen LogP contribution >= 0.6 is 0 Å². The van der Waals surface area contributed by atoms with Gasteiger partial charge in [0.05, 0.1) is 0 Å². The van der Waals surface area contributed by atoms with Gasteiger partial charge in [-0.2, -0.15) is 0 Å². The second-order valence-electron chi connectivity index (χ2n) is 5.64. The van der Waals surface area contributed by atoms with Crippen molar-refractivity contribution < 1.29 is 9.59 Å². The van der Waals surface area contributed by atoms with Crippen molar-refractivity contribution in [2.24, 2.45) is 5.92 Å². The third kappa shape index (κ3) is 4.37. The fraction of sp³-hybridized carbons (Fsp3) is 0.500. The summed E-state index contributed by atoms with van der Waals surface area (Å²) >= 11 is 0. The molecule has 4 heteroatoms. The molecule has 108 valence electrons. The summed E-state index contributed by atoms with van der Waals surface area (Å²) in [6.07, 6.45) is 2.74. The Hall–Kier alpha value is -1.84. The predicted octanol–water partition coefficient (Wildman–Crippen LogP) is 2.11. The van der Waals surface area contributed by atoms with Gasteiger partial charge in [0.2, 0.25) is 5.91 Å². The van der Waals surface area contributed by atoms with Gasteiger partial charge < -0.3 is 10.6 Å². The number of benzene rings is 1. The Bertz CT molecular complexity index is 469. The highest BCUT2D eigenvalue weighted by Gasteiger charge is 2.29. The van der Waals surface area contributed by atoms with Gasteiger partial charge >= 0.3 is 0 Å². The van der Waals surface area contributed by atoms with Crippen LogP contribution in [0.1, 0.15) is 43.5 Å². The van der Waals surface area contributed by atoms with Gasteiger partial charge in [-0.3, -0.25) is 9.59 Å². The summed E-state index contributed by atoms with van der Waals surface area (Å²) in [6.45, 7) is 3.89. The quantitative estimate of drug-likeness (QED) is 0.834. The van der Waals surface area contributed by atoms with Crippen molar-refractivity contribution in [1.82, 2.24) is 10.6 Å². The van der Waals surface area contributed by atoms with Crippen LogP contribution in [-0.4, -0.2) is 23.9 Å². The zero-order valence-electron chi connectivity index (χ0n) is 12.1. The summed E-state index contributed by atoms with van der Waals surface area (Å²) in [5.41, 5.74) is 0.617. The normalized spacial score (nSPS) is 17.1. The van der Waals surface area contributed by atoms with E-state index in [-0.39, 0.29) is 23.9 Å². The monoisotopic (exact) mass is 274 g/mol. The van der Waals surface area contributed by atoms with E-state index in [0.717, 1.165) is 0 Å². The molecule has 1 aliphatic carbocycles. The minimum absolute atomic E-state index is 0.00487. The highest BCUT2D eigenvalue weighted by Crippen LogP contribution is 2.32. The van der Waals surface area contributed by atoms with Crippen molar-refractivity contribution in [1.29, 1.82) is 0 Å². The Morgan fingerprint density at radius 2 is 1.80 bits per heavy atom. The molecule has 0 aliphatic heterocycles. The third-order valence-electron chi connectivity index (χ3n) is 3.62. The van der Waals surface area contributed by atoms with E-state index in [1.54, 1.807) is 12.1 Å². The number of nitrogens with one attached hydrogen (secondary N) is 2. The molecular weight excluding hydrogens is 252 g/mol. The van der Waals surface area contributed by atoms with Gasteiger partial charge in [0.1, 0.15) is 0 Å². The molecule has 0 heterocycles. The molecule has 2 unspecified atom stereocenters. The van der Waals surface area contributed by atoms with E-state index in [1.807, 2.05) is 32.0 Å². The van der Waals surface area contributed by atoms with Crippen LogP contribution in [0.15, 0.2) is 30.3 Å². The van der Waals surface area contributed by atoms with Crippen LogP contribution < -0.4 is 10.6 Å². The lowest BCUT2D eigenvalue weighted by molar-refractivity contribution is -0.122. The van der Waals surface area contributed by atoms with Crippen molar-refractivity contribution in [3.8, 4) is 0 Å². The smallest absolute Gasteiger partial charge is 0.251 e. The van der Waals surface area contributed by atoms with Crippen molar-refractivity contribution in [2.75, 3.05) is 0 Å². The SMILES string of the molecule is CC(CC(=O)NC(C)C1CC1)NC(=O)c1ccccc1. The molecule has 1 fully saturated rings. The molecule has 0 aromatic heterocycles. The zero-order valence-corrected chi connectivity index (χ0v) is 12.1. The maximum atomic E-state index is 11.9. The first-order valence-corrected chi connectivity index (χ1v) is 7.21. The average Bonchev–Trinajstić information content (AvgIpc) is 3.23. The molecule has 1 aromatic carbocycles.